The molecular weight excluding hydrogens is 534 g/mol. The van der Waals surface area contributed by atoms with Crippen molar-refractivity contribution in [2.24, 2.45) is 0 Å². The summed E-state index contributed by atoms with van der Waals surface area (Å²) in [4.78, 5) is 25.6. The Kier molecular flexibility index (Phi) is 12.0. The lowest BCUT2D eigenvalue weighted by molar-refractivity contribution is 0.0681. The Labute approximate surface area is 236 Å². The summed E-state index contributed by atoms with van der Waals surface area (Å²) in [5, 5.41) is 10.8. The largest absolute Gasteiger partial charge is 0.419 e. The Morgan fingerprint density at radius 2 is 1.40 bits per heavy atom. The fraction of sp³-hybridized carbons (Fsp3) is 0.333. The number of nitrogens with one attached hydrogen (secondary N) is 1. The van der Waals surface area contributed by atoms with Gasteiger partial charge in [-0.2, -0.15) is 8.42 Å². The van der Waals surface area contributed by atoms with Gasteiger partial charge in [-0.25, -0.2) is 9.59 Å². The number of benzene rings is 3. The molecule has 0 radical (unpaired) electrons. The van der Waals surface area contributed by atoms with Crippen LogP contribution in [0.3, 0.4) is 0 Å². The van der Waals surface area contributed by atoms with Crippen LogP contribution in [0.2, 0.25) is 0 Å². The van der Waals surface area contributed by atoms with Crippen LogP contribution in [-0.2, 0) is 14.3 Å². The van der Waals surface area contributed by atoms with E-state index >= 15 is 0 Å². The molecule has 0 aromatic heterocycles. The fourth-order valence-electron chi connectivity index (χ4n) is 3.29. The van der Waals surface area contributed by atoms with Gasteiger partial charge in [0.2, 0.25) is 0 Å². The van der Waals surface area contributed by atoms with Gasteiger partial charge in [0.1, 0.15) is 6.10 Å². The first-order chi connectivity index (χ1) is 18.7. The molecule has 0 saturated carbocycles. The Morgan fingerprint density at radius 1 is 0.875 bits per heavy atom. The molecule has 0 aliphatic heterocycles. The van der Waals surface area contributed by atoms with Crippen LogP contribution in [0.25, 0.3) is 0 Å². The molecule has 3 rings (SSSR count). The summed E-state index contributed by atoms with van der Waals surface area (Å²) in [5.74, 6) is -1.35. The summed E-state index contributed by atoms with van der Waals surface area (Å²) in [6.07, 6.45) is 0.0378. The average molecular weight is 572 g/mol. The van der Waals surface area contributed by atoms with E-state index in [2.05, 4.69) is 5.32 Å². The van der Waals surface area contributed by atoms with E-state index in [-0.39, 0.29) is 30.2 Å². The van der Waals surface area contributed by atoms with Crippen LogP contribution in [-0.4, -0.2) is 50.4 Å². The number of aliphatic hydroxyl groups is 1. The lowest BCUT2D eigenvalue weighted by Crippen LogP contribution is -2.39. The molecule has 3 aromatic rings. The van der Waals surface area contributed by atoms with E-state index < -0.39 is 28.2 Å². The highest BCUT2D eigenvalue weighted by Crippen LogP contribution is 2.33. The molecule has 0 saturated heterocycles. The zero-order chi connectivity index (χ0) is 29.9. The first kappa shape index (κ1) is 32.6. The van der Waals surface area contributed by atoms with Crippen LogP contribution in [0, 0.1) is 6.92 Å². The van der Waals surface area contributed by atoms with Crippen LogP contribution in [0.1, 0.15) is 65.6 Å². The summed E-state index contributed by atoms with van der Waals surface area (Å²) in [7, 11) is -3.82. The predicted molar refractivity (Wildman–Crippen MR) is 153 cm³/mol. The monoisotopic (exact) mass is 571 g/mol. The number of esters is 2. The van der Waals surface area contributed by atoms with Crippen LogP contribution < -0.4 is 14.8 Å². The molecule has 3 aromatic carbocycles. The van der Waals surface area contributed by atoms with Gasteiger partial charge in [0.25, 0.3) is 10.1 Å². The topological polar surface area (TPSA) is 128 Å². The van der Waals surface area contributed by atoms with E-state index in [1.807, 2.05) is 27.7 Å². The number of hydrogen-bond acceptors (Lipinski definition) is 9. The van der Waals surface area contributed by atoms with Crippen molar-refractivity contribution >= 4 is 22.1 Å². The van der Waals surface area contributed by atoms with Gasteiger partial charge in [0, 0.05) is 18.7 Å². The molecule has 9 nitrogen and oxygen atoms in total. The van der Waals surface area contributed by atoms with Gasteiger partial charge in [0.15, 0.2) is 11.5 Å². The Bertz CT molecular complexity index is 1370. The van der Waals surface area contributed by atoms with Crippen LogP contribution in [0.15, 0.2) is 72.8 Å². The van der Waals surface area contributed by atoms with Gasteiger partial charge >= 0.3 is 11.9 Å². The first-order valence-corrected chi connectivity index (χ1v) is 14.5. The van der Waals surface area contributed by atoms with E-state index in [9.17, 15) is 18.0 Å². The second-order valence-electron chi connectivity index (χ2n) is 9.95. The highest BCUT2D eigenvalue weighted by Gasteiger charge is 2.24. The highest BCUT2D eigenvalue weighted by atomic mass is 32.2. The summed E-state index contributed by atoms with van der Waals surface area (Å²) in [5.41, 5.74) is 1.70. The molecule has 0 heterocycles. The normalized spacial score (nSPS) is 12.1. The van der Waals surface area contributed by atoms with Gasteiger partial charge in [-0.3, -0.25) is 4.18 Å². The quantitative estimate of drug-likeness (QED) is 0.211. The van der Waals surface area contributed by atoms with Gasteiger partial charge in [-0.05, 0) is 76.6 Å². The molecule has 2 N–H and O–H groups in total. The van der Waals surface area contributed by atoms with Gasteiger partial charge in [0.05, 0.1) is 17.4 Å². The van der Waals surface area contributed by atoms with Crippen molar-refractivity contribution in [2.75, 3.05) is 19.4 Å². The maximum absolute atomic E-state index is 12.8. The first-order valence-electron chi connectivity index (χ1n) is 12.7. The molecule has 216 valence electrons. The smallest absolute Gasteiger partial charge is 0.343 e. The number of hydrogen-bond donors (Lipinski definition) is 2. The lowest BCUT2D eigenvalue weighted by atomic mass is 10.1. The zero-order valence-electron chi connectivity index (χ0n) is 23.6. The number of rotatable bonds is 9. The number of carbonyl (C=O) groups is 2. The lowest BCUT2D eigenvalue weighted by Gasteiger charge is -2.25. The maximum atomic E-state index is 12.8. The molecule has 0 aliphatic carbocycles. The predicted octanol–water partition coefficient (Wildman–Crippen LogP) is 4.84. The molecule has 0 aliphatic rings. The Hall–Kier alpha value is -3.57. The van der Waals surface area contributed by atoms with Crippen LogP contribution >= 0.6 is 0 Å². The fourth-order valence-corrected chi connectivity index (χ4v) is 3.89. The van der Waals surface area contributed by atoms with Crippen LogP contribution in [0.5, 0.6) is 11.5 Å². The number of ether oxygens (including phenoxy) is 2. The van der Waals surface area contributed by atoms with Gasteiger partial charge in [-0.1, -0.05) is 42.0 Å². The molecule has 0 fully saturated rings. The molecule has 0 spiro atoms. The van der Waals surface area contributed by atoms with Crippen molar-refractivity contribution < 1.29 is 36.8 Å². The summed E-state index contributed by atoms with van der Waals surface area (Å²) < 4.78 is 40.5. The molecular formula is C30H37NO8S. The van der Waals surface area contributed by atoms with Crippen molar-refractivity contribution in [1.29, 1.82) is 0 Å². The molecule has 10 heteroatoms. The molecule has 1 atom stereocenters. The van der Waals surface area contributed by atoms with E-state index in [1.54, 1.807) is 67.6 Å². The summed E-state index contributed by atoms with van der Waals surface area (Å²) >= 11 is 0. The van der Waals surface area contributed by atoms with Crippen molar-refractivity contribution in [3.8, 4) is 11.5 Å². The molecule has 40 heavy (non-hydrogen) atoms. The molecule has 1 unspecified atom stereocenters. The van der Waals surface area contributed by atoms with Crippen molar-refractivity contribution in [3.05, 3.63) is 95.1 Å². The Balaban J connectivity index is 0.00000178. The standard InChI is InChI=1S/C28H31NO7S.C2H6O/c1-19-11-13-21(14-12-19)27(31)34-23-16-15-22(25(36-37(5,32)33)18-29-28(2,3)4)17-24(23)35-26(30)20-9-7-6-8-10-20;1-2-3/h6-17,25,29H,18H2,1-5H3;3H,2H2,1H3. The highest BCUT2D eigenvalue weighted by molar-refractivity contribution is 7.86. The van der Waals surface area contributed by atoms with E-state index in [4.69, 9.17) is 18.8 Å². The maximum Gasteiger partial charge on any atom is 0.343 e. The van der Waals surface area contributed by atoms with E-state index in [1.165, 1.54) is 12.1 Å². The minimum atomic E-state index is -3.82. The molecule has 0 bridgehead atoms. The third kappa shape index (κ3) is 11.3. The summed E-state index contributed by atoms with van der Waals surface area (Å²) in [6.45, 7) is 9.80. The Morgan fingerprint density at radius 3 is 1.93 bits per heavy atom. The van der Waals surface area contributed by atoms with Crippen LogP contribution in [0.4, 0.5) is 0 Å². The second-order valence-corrected chi connectivity index (χ2v) is 11.6. The minimum absolute atomic E-state index is 0.000456. The zero-order valence-corrected chi connectivity index (χ0v) is 24.4. The third-order valence-electron chi connectivity index (χ3n) is 5.15. The van der Waals surface area contributed by atoms with Gasteiger partial charge in [-0.15, -0.1) is 0 Å². The van der Waals surface area contributed by atoms with E-state index in [0.29, 0.717) is 16.7 Å². The number of aliphatic hydroxyl groups excluding tert-OH is 1. The van der Waals surface area contributed by atoms with Crippen molar-refractivity contribution in [2.45, 2.75) is 46.3 Å². The second kappa shape index (κ2) is 14.7. The van der Waals surface area contributed by atoms with E-state index in [0.717, 1.165) is 11.8 Å². The van der Waals surface area contributed by atoms with Gasteiger partial charge < -0.3 is 19.9 Å². The number of carbonyl (C=O) groups excluding carboxylic acids is 2. The minimum Gasteiger partial charge on any atom is -0.419 e. The van der Waals surface area contributed by atoms with Crippen molar-refractivity contribution in [1.82, 2.24) is 5.32 Å². The summed E-state index contributed by atoms with van der Waals surface area (Å²) in [6, 6.07) is 19.6. The SMILES string of the molecule is CCO.Cc1ccc(C(=O)Oc2ccc(C(CNC(C)(C)C)OS(C)(=O)=O)cc2OC(=O)c2ccccc2)cc1. The third-order valence-corrected chi connectivity index (χ3v) is 5.73. The molecule has 0 amide bonds. The number of aryl methyl sites for hydroxylation is 1. The average Bonchev–Trinajstić information content (AvgIpc) is 2.88. The van der Waals surface area contributed by atoms with Crippen molar-refractivity contribution in [3.63, 3.8) is 0 Å².